The molecule has 2 aliphatic rings. The Hall–Kier alpha value is -2.80. The Morgan fingerprint density at radius 2 is 1.96 bits per heavy atom. The van der Waals surface area contributed by atoms with E-state index in [1.165, 1.54) is 29.4 Å². The molecule has 6 nitrogen and oxygen atoms in total. The van der Waals surface area contributed by atoms with E-state index < -0.39 is 5.97 Å². The number of benzene rings is 1. The molecule has 1 aliphatic heterocycles. The van der Waals surface area contributed by atoms with Gasteiger partial charge in [-0.05, 0) is 55.0 Å². The highest BCUT2D eigenvalue weighted by Crippen LogP contribution is 2.38. The highest BCUT2D eigenvalue weighted by atomic mass is 32.1. The Labute approximate surface area is 167 Å². The fourth-order valence-corrected chi connectivity index (χ4v) is 4.77. The van der Waals surface area contributed by atoms with Crippen LogP contribution in [0.5, 0.6) is 11.5 Å². The van der Waals surface area contributed by atoms with Crippen molar-refractivity contribution in [1.29, 1.82) is 0 Å². The second-order valence-corrected chi connectivity index (χ2v) is 7.80. The van der Waals surface area contributed by atoms with Crippen molar-refractivity contribution in [2.45, 2.75) is 32.1 Å². The first-order valence-corrected chi connectivity index (χ1v) is 10.1. The maximum absolute atomic E-state index is 12.5. The molecule has 2 heterocycles. The average molecular weight is 399 g/mol. The van der Waals surface area contributed by atoms with E-state index in [0.717, 1.165) is 43.2 Å². The fraction of sp³-hybridized carbons (Fsp3) is 0.333. The molecule has 4 rings (SSSR count). The van der Waals surface area contributed by atoms with Gasteiger partial charge in [0.05, 0.1) is 12.7 Å². The molecule has 0 radical (unpaired) electrons. The first-order valence-electron chi connectivity index (χ1n) is 9.27. The predicted molar refractivity (Wildman–Crippen MR) is 107 cm³/mol. The van der Waals surface area contributed by atoms with Crippen LogP contribution in [-0.4, -0.2) is 25.8 Å². The largest absolute Gasteiger partial charge is 0.465 e. The van der Waals surface area contributed by atoms with Gasteiger partial charge < -0.3 is 19.5 Å². The van der Waals surface area contributed by atoms with Gasteiger partial charge in [-0.2, -0.15) is 0 Å². The van der Waals surface area contributed by atoms with Crippen LogP contribution in [-0.2, 0) is 22.4 Å². The lowest BCUT2D eigenvalue weighted by Crippen LogP contribution is -2.12. The molecule has 0 saturated heterocycles. The van der Waals surface area contributed by atoms with Crippen LogP contribution in [0.3, 0.4) is 0 Å². The maximum atomic E-state index is 12.5. The van der Waals surface area contributed by atoms with Gasteiger partial charge in [-0.25, -0.2) is 4.79 Å². The number of thiophene rings is 1. The highest BCUT2D eigenvalue weighted by Gasteiger charge is 2.25. The molecule has 2 aromatic rings. The first-order chi connectivity index (χ1) is 13.7. The number of nitrogens with one attached hydrogen (secondary N) is 1. The van der Waals surface area contributed by atoms with Crippen molar-refractivity contribution in [3.8, 4) is 11.5 Å². The monoisotopic (exact) mass is 399 g/mol. The van der Waals surface area contributed by atoms with E-state index >= 15 is 0 Å². The number of hydrogen-bond acceptors (Lipinski definition) is 6. The number of esters is 1. The Bertz CT molecular complexity index is 947. The fourth-order valence-electron chi connectivity index (χ4n) is 3.49. The summed E-state index contributed by atoms with van der Waals surface area (Å²) in [5, 5.41) is 3.43. The Morgan fingerprint density at radius 3 is 2.82 bits per heavy atom. The van der Waals surface area contributed by atoms with Crippen molar-refractivity contribution in [1.82, 2.24) is 0 Å². The number of fused-ring (bicyclic) bond motifs is 2. The van der Waals surface area contributed by atoms with Crippen LogP contribution < -0.4 is 14.8 Å². The van der Waals surface area contributed by atoms with Gasteiger partial charge in [0.1, 0.15) is 5.00 Å². The molecule has 1 amide bonds. The molecule has 0 atom stereocenters. The zero-order valence-electron chi connectivity index (χ0n) is 15.6. The van der Waals surface area contributed by atoms with Crippen molar-refractivity contribution >= 4 is 34.3 Å². The predicted octanol–water partition coefficient (Wildman–Crippen LogP) is 4.18. The standard InChI is InChI=1S/C21H21NO5S/c1-25-21(24)19-14-5-3-2-4-6-17(14)28-20(19)22-18(23)10-8-13-7-9-15-16(11-13)27-12-26-15/h7-11H,2-6,12H2,1H3,(H,22,23)/b10-8+. The lowest BCUT2D eigenvalue weighted by atomic mass is 10.1. The van der Waals surface area contributed by atoms with Gasteiger partial charge in [-0.3, -0.25) is 4.79 Å². The lowest BCUT2D eigenvalue weighted by molar-refractivity contribution is -0.111. The van der Waals surface area contributed by atoms with E-state index in [-0.39, 0.29) is 12.7 Å². The Morgan fingerprint density at radius 1 is 1.14 bits per heavy atom. The van der Waals surface area contributed by atoms with Gasteiger partial charge in [0.15, 0.2) is 11.5 Å². The number of rotatable bonds is 4. The van der Waals surface area contributed by atoms with E-state index in [2.05, 4.69) is 5.32 Å². The summed E-state index contributed by atoms with van der Waals surface area (Å²) in [5.74, 6) is 0.676. The molecule has 0 spiro atoms. The molecule has 28 heavy (non-hydrogen) atoms. The third-order valence-electron chi connectivity index (χ3n) is 4.87. The van der Waals surface area contributed by atoms with E-state index in [9.17, 15) is 9.59 Å². The minimum absolute atomic E-state index is 0.211. The molecule has 1 aliphatic carbocycles. The van der Waals surface area contributed by atoms with E-state index in [1.807, 2.05) is 18.2 Å². The quantitative estimate of drug-likeness (QED) is 0.474. The molecule has 1 aromatic carbocycles. The summed E-state index contributed by atoms with van der Waals surface area (Å²) >= 11 is 1.48. The number of amides is 1. The van der Waals surface area contributed by atoms with Crippen LogP contribution in [0.1, 0.15) is 45.6 Å². The second kappa shape index (κ2) is 8.06. The number of anilines is 1. The minimum Gasteiger partial charge on any atom is -0.465 e. The SMILES string of the molecule is COC(=O)c1c(NC(=O)/C=C/c2ccc3c(c2)OCO3)sc2c1CCCCC2. The van der Waals surface area contributed by atoms with Crippen LogP contribution in [0, 0.1) is 0 Å². The zero-order chi connectivity index (χ0) is 19.5. The molecule has 0 saturated carbocycles. The molecule has 0 bridgehead atoms. The van der Waals surface area contributed by atoms with Crippen molar-refractivity contribution in [2.24, 2.45) is 0 Å². The van der Waals surface area contributed by atoms with Gasteiger partial charge in [-0.1, -0.05) is 12.5 Å². The van der Waals surface area contributed by atoms with Crippen LogP contribution >= 0.6 is 11.3 Å². The van der Waals surface area contributed by atoms with Crippen LogP contribution in [0.25, 0.3) is 6.08 Å². The summed E-state index contributed by atoms with van der Waals surface area (Å²) in [4.78, 5) is 26.0. The molecule has 1 N–H and O–H groups in total. The van der Waals surface area contributed by atoms with E-state index in [4.69, 9.17) is 14.2 Å². The molecule has 1 aromatic heterocycles. The highest BCUT2D eigenvalue weighted by molar-refractivity contribution is 7.17. The average Bonchev–Trinajstić information content (AvgIpc) is 3.23. The van der Waals surface area contributed by atoms with Crippen molar-refractivity contribution < 1.29 is 23.8 Å². The number of aryl methyl sites for hydroxylation is 1. The minimum atomic E-state index is -0.394. The number of carbonyl (C=O) groups is 2. The van der Waals surface area contributed by atoms with Crippen molar-refractivity contribution in [3.63, 3.8) is 0 Å². The molecule has 0 fully saturated rings. The molecule has 7 heteroatoms. The van der Waals surface area contributed by atoms with E-state index in [1.54, 1.807) is 6.08 Å². The number of ether oxygens (including phenoxy) is 3. The second-order valence-electron chi connectivity index (χ2n) is 6.70. The molecule has 0 unspecified atom stereocenters. The number of carbonyl (C=O) groups excluding carboxylic acids is 2. The Balaban J connectivity index is 1.53. The summed E-state index contributed by atoms with van der Waals surface area (Å²) in [5.41, 5.74) is 2.37. The summed E-state index contributed by atoms with van der Waals surface area (Å²) in [6.07, 6.45) is 8.24. The number of hydrogen-bond donors (Lipinski definition) is 1. The summed E-state index contributed by atoms with van der Waals surface area (Å²) < 4.78 is 15.6. The smallest absolute Gasteiger partial charge is 0.341 e. The maximum Gasteiger partial charge on any atom is 0.341 e. The molecule has 146 valence electrons. The van der Waals surface area contributed by atoms with Gasteiger partial charge in [0.2, 0.25) is 12.7 Å². The van der Waals surface area contributed by atoms with Gasteiger partial charge in [0, 0.05) is 11.0 Å². The lowest BCUT2D eigenvalue weighted by Gasteiger charge is -2.06. The third kappa shape index (κ3) is 3.75. The molecular formula is C21H21NO5S. The molecular weight excluding hydrogens is 378 g/mol. The van der Waals surface area contributed by atoms with Crippen LogP contribution in [0.15, 0.2) is 24.3 Å². The summed E-state index contributed by atoms with van der Waals surface area (Å²) in [6.45, 7) is 0.211. The van der Waals surface area contributed by atoms with Crippen molar-refractivity contribution in [2.75, 3.05) is 19.2 Å². The summed E-state index contributed by atoms with van der Waals surface area (Å²) in [7, 11) is 1.37. The Kier molecular flexibility index (Phi) is 5.34. The summed E-state index contributed by atoms with van der Waals surface area (Å²) in [6, 6.07) is 5.48. The van der Waals surface area contributed by atoms with Crippen LogP contribution in [0.4, 0.5) is 5.00 Å². The van der Waals surface area contributed by atoms with Gasteiger partial charge in [-0.15, -0.1) is 11.3 Å². The number of methoxy groups -OCH3 is 1. The van der Waals surface area contributed by atoms with Crippen LogP contribution in [0.2, 0.25) is 0 Å². The first kappa shape index (κ1) is 18.6. The normalized spacial score (nSPS) is 15.2. The van der Waals surface area contributed by atoms with Crippen molar-refractivity contribution in [3.05, 3.63) is 45.8 Å². The van der Waals surface area contributed by atoms with E-state index in [0.29, 0.717) is 22.1 Å². The zero-order valence-corrected chi connectivity index (χ0v) is 16.4. The van der Waals surface area contributed by atoms with Gasteiger partial charge >= 0.3 is 5.97 Å². The third-order valence-corrected chi connectivity index (χ3v) is 6.08. The topological polar surface area (TPSA) is 73.9 Å². The van der Waals surface area contributed by atoms with Gasteiger partial charge in [0.25, 0.3) is 0 Å².